The molecule has 3 atom stereocenters. The van der Waals surface area contributed by atoms with E-state index in [1.807, 2.05) is 6.26 Å². The molecule has 0 aromatic carbocycles. The van der Waals surface area contributed by atoms with Gasteiger partial charge in [-0.1, -0.05) is 0 Å². The minimum absolute atomic E-state index is 0.111. The Morgan fingerprint density at radius 2 is 1.95 bits per heavy atom. The van der Waals surface area contributed by atoms with Gasteiger partial charge in [-0.05, 0) is 31.3 Å². The fraction of sp³-hybridized carbons (Fsp3) is 0.818. The summed E-state index contributed by atoms with van der Waals surface area (Å²) in [5.74, 6) is -0.951. The number of aliphatic hydroxyl groups excluding tert-OH is 1. The van der Waals surface area contributed by atoms with Crippen LogP contribution in [0.1, 0.15) is 19.3 Å². The van der Waals surface area contributed by atoms with E-state index in [0.29, 0.717) is 18.6 Å². The second-order valence-corrected chi connectivity index (χ2v) is 5.24. The highest BCUT2D eigenvalue weighted by molar-refractivity contribution is 7.98. The van der Waals surface area contributed by atoms with Gasteiger partial charge in [-0.2, -0.15) is 11.8 Å². The average molecular weight is 293 g/mol. The number of aliphatic hydroxyl groups is 1. The van der Waals surface area contributed by atoms with Crippen LogP contribution in [0.4, 0.5) is 0 Å². The van der Waals surface area contributed by atoms with Crippen LogP contribution in [0.15, 0.2) is 0 Å². The van der Waals surface area contributed by atoms with Gasteiger partial charge in [-0.25, -0.2) is 4.79 Å². The number of carbonyl (C=O) groups is 2. The van der Waals surface area contributed by atoms with Gasteiger partial charge in [0.25, 0.3) is 0 Å². The number of nitrogens with two attached hydrogens (primary N) is 2. The summed E-state index contributed by atoms with van der Waals surface area (Å²) in [6.45, 7) is 0.111. The maximum absolute atomic E-state index is 11.7. The third-order valence-corrected chi connectivity index (χ3v) is 3.29. The van der Waals surface area contributed by atoms with Crippen molar-refractivity contribution in [2.45, 2.75) is 37.5 Å². The molecule has 0 bridgehead atoms. The van der Waals surface area contributed by atoms with E-state index in [1.165, 1.54) is 11.8 Å². The first kappa shape index (κ1) is 18.2. The van der Waals surface area contributed by atoms with Crippen LogP contribution in [-0.2, 0) is 9.59 Å². The van der Waals surface area contributed by atoms with Gasteiger partial charge < -0.3 is 27.0 Å². The Kier molecular flexibility index (Phi) is 9.58. The molecule has 0 saturated heterocycles. The van der Waals surface area contributed by atoms with Crippen molar-refractivity contribution < 1.29 is 19.8 Å². The Hall–Kier alpha value is -0.830. The number of carboxylic acid groups (broad SMARTS) is 1. The predicted octanol–water partition coefficient (Wildman–Crippen LogP) is -1.26. The van der Waals surface area contributed by atoms with Crippen LogP contribution in [0, 0.1) is 0 Å². The fourth-order valence-corrected chi connectivity index (χ4v) is 1.86. The molecule has 0 rings (SSSR count). The van der Waals surface area contributed by atoms with Crippen LogP contribution in [-0.4, -0.2) is 58.8 Å². The zero-order chi connectivity index (χ0) is 14.8. The summed E-state index contributed by atoms with van der Waals surface area (Å²) in [4.78, 5) is 22.7. The lowest BCUT2D eigenvalue weighted by atomic mass is 10.1. The van der Waals surface area contributed by atoms with E-state index in [9.17, 15) is 14.7 Å². The molecule has 7 nitrogen and oxygen atoms in total. The van der Waals surface area contributed by atoms with E-state index in [0.717, 1.165) is 0 Å². The summed E-state index contributed by atoms with van der Waals surface area (Å²) < 4.78 is 0. The Bertz CT molecular complexity index is 291. The van der Waals surface area contributed by atoms with E-state index < -0.39 is 30.1 Å². The minimum atomic E-state index is -1.07. The highest BCUT2D eigenvalue weighted by Gasteiger charge is 2.23. The van der Waals surface area contributed by atoms with Crippen LogP contribution in [0.25, 0.3) is 0 Å². The largest absolute Gasteiger partial charge is 0.480 e. The van der Waals surface area contributed by atoms with E-state index in [-0.39, 0.29) is 13.0 Å². The van der Waals surface area contributed by atoms with E-state index in [4.69, 9.17) is 16.6 Å². The van der Waals surface area contributed by atoms with Crippen molar-refractivity contribution in [1.82, 2.24) is 5.32 Å². The molecule has 0 aromatic heterocycles. The van der Waals surface area contributed by atoms with Crippen LogP contribution in [0.3, 0.4) is 0 Å². The number of hydrogen-bond donors (Lipinski definition) is 5. The molecule has 0 unspecified atom stereocenters. The highest BCUT2D eigenvalue weighted by atomic mass is 32.2. The number of carbonyl (C=O) groups excluding carboxylic acids is 1. The molecule has 1 amide bonds. The number of thioether (sulfide) groups is 1. The fourth-order valence-electron chi connectivity index (χ4n) is 1.39. The lowest BCUT2D eigenvalue weighted by Crippen LogP contribution is -2.48. The molecule has 0 aliphatic rings. The first-order chi connectivity index (χ1) is 8.92. The van der Waals surface area contributed by atoms with Crippen molar-refractivity contribution in [3.63, 3.8) is 0 Å². The normalized spacial score (nSPS) is 15.6. The Labute approximate surface area is 117 Å². The molecule has 0 fully saturated rings. The van der Waals surface area contributed by atoms with Gasteiger partial charge in [0.2, 0.25) is 5.91 Å². The molecule has 0 heterocycles. The third kappa shape index (κ3) is 8.04. The van der Waals surface area contributed by atoms with Crippen molar-refractivity contribution in [2.24, 2.45) is 11.5 Å². The second-order valence-electron chi connectivity index (χ2n) is 4.25. The predicted molar refractivity (Wildman–Crippen MR) is 74.8 cm³/mol. The molecular formula is C11H23N3O4S. The molecule has 8 heteroatoms. The van der Waals surface area contributed by atoms with Crippen LogP contribution < -0.4 is 16.8 Å². The van der Waals surface area contributed by atoms with Gasteiger partial charge >= 0.3 is 5.97 Å². The maximum Gasteiger partial charge on any atom is 0.326 e. The Balaban J connectivity index is 4.19. The van der Waals surface area contributed by atoms with E-state index in [2.05, 4.69) is 5.32 Å². The summed E-state index contributed by atoms with van der Waals surface area (Å²) >= 11 is 1.51. The van der Waals surface area contributed by atoms with Crippen molar-refractivity contribution >= 4 is 23.6 Å². The average Bonchev–Trinajstić information content (AvgIpc) is 2.39. The standard InChI is InChI=1S/C11H23N3O4S/c1-19-5-4-9(11(17)18)14-10(16)8(13)3-2-7(15)6-12/h7-9,15H,2-6,12-13H2,1H3,(H,14,16)(H,17,18)/t7-,8+,9+/m1/s1. The number of hydrogen-bond acceptors (Lipinski definition) is 6. The number of amides is 1. The lowest BCUT2D eigenvalue weighted by molar-refractivity contribution is -0.142. The zero-order valence-corrected chi connectivity index (χ0v) is 11.9. The van der Waals surface area contributed by atoms with Crippen molar-refractivity contribution in [3.8, 4) is 0 Å². The summed E-state index contributed by atoms with van der Waals surface area (Å²) in [5.41, 5.74) is 10.9. The molecule has 0 saturated carbocycles. The molecule has 0 aromatic rings. The van der Waals surface area contributed by atoms with Crippen LogP contribution in [0.5, 0.6) is 0 Å². The summed E-state index contributed by atoms with van der Waals surface area (Å²) in [6, 6.07) is -1.76. The Morgan fingerprint density at radius 1 is 1.32 bits per heavy atom. The quantitative estimate of drug-likeness (QED) is 0.338. The van der Waals surface area contributed by atoms with Gasteiger partial charge in [-0.15, -0.1) is 0 Å². The lowest BCUT2D eigenvalue weighted by Gasteiger charge is -2.18. The number of nitrogens with one attached hydrogen (secondary N) is 1. The molecular weight excluding hydrogens is 270 g/mol. The Morgan fingerprint density at radius 3 is 2.42 bits per heavy atom. The minimum Gasteiger partial charge on any atom is -0.480 e. The first-order valence-corrected chi connectivity index (χ1v) is 7.47. The molecule has 112 valence electrons. The van der Waals surface area contributed by atoms with Crippen LogP contribution in [0.2, 0.25) is 0 Å². The third-order valence-electron chi connectivity index (χ3n) is 2.64. The number of rotatable bonds is 10. The topological polar surface area (TPSA) is 139 Å². The summed E-state index contributed by atoms with van der Waals surface area (Å²) in [7, 11) is 0. The van der Waals surface area contributed by atoms with Gasteiger partial charge in [0.1, 0.15) is 6.04 Å². The SMILES string of the molecule is CSCC[C@H](NC(=O)[C@@H](N)CC[C@@H](O)CN)C(=O)O. The van der Waals surface area contributed by atoms with Gasteiger partial charge in [0, 0.05) is 6.54 Å². The highest BCUT2D eigenvalue weighted by Crippen LogP contribution is 2.03. The summed E-state index contributed by atoms with van der Waals surface area (Å²) in [5, 5.41) is 20.6. The van der Waals surface area contributed by atoms with Crippen LogP contribution >= 0.6 is 11.8 Å². The number of carboxylic acids is 1. The molecule has 0 radical (unpaired) electrons. The van der Waals surface area contributed by atoms with Gasteiger partial charge in [0.05, 0.1) is 12.1 Å². The molecule has 0 aliphatic carbocycles. The number of aliphatic carboxylic acids is 1. The molecule has 0 spiro atoms. The van der Waals surface area contributed by atoms with E-state index >= 15 is 0 Å². The molecule has 19 heavy (non-hydrogen) atoms. The summed E-state index contributed by atoms with van der Waals surface area (Å²) in [6.07, 6.45) is 2.10. The zero-order valence-electron chi connectivity index (χ0n) is 11.0. The second kappa shape index (κ2) is 10.0. The van der Waals surface area contributed by atoms with E-state index in [1.54, 1.807) is 0 Å². The maximum atomic E-state index is 11.7. The monoisotopic (exact) mass is 293 g/mol. The molecule has 0 aliphatic heterocycles. The van der Waals surface area contributed by atoms with Crippen molar-refractivity contribution in [1.29, 1.82) is 0 Å². The van der Waals surface area contributed by atoms with Gasteiger partial charge in [-0.3, -0.25) is 4.79 Å². The molecule has 7 N–H and O–H groups in total. The van der Waals surface area contributed by atoms with Crippen molar-refractivity contribution in [2.75, 3.05) is 18.6 Å². The van der Waals surface area contributed by atoms with Crippen molar-refractivity contribution in [3.05, 3.63) is 0 Å². The first-order valence-electron chi connectivity index (χ1n) is 6.08. The smallest absolute Gasteiger partial charge is 0.326 e. The van der Waals surface area contributed by atoms with Gasteiger partial charge in [0.15, 0.2) is 0 Å².